The molecule has 1 aromatic carbocycles. The molecule has 1 aliphatic carbocycles. The summed E-state index contributed by atoms with van der Waals surface area (Å²) in [6.45, 7) is 0.483. The van der Waals surface area contributed by atoms with Crippen LogP contribution in [0.15, 0.2) is 24.4 Å². The number of carbonyl (C=O) groups excluding carboxylic acids is 2. The predicted octanol–water partition coefficient (Wildman–Crippen LogP) is 2.16. The van der Waals surface area contributed by atoms with E-state index in [0.29, 0.717) is 11.6 Å². The molecule has 0 radical (unpaired) electrons. The van der Waals surface area contributed by atoms with Gasteiger partial charge in [0.1, 0.15) is 28.8 Å². The number of rotatable bonds is 4. The van der Waals surface area contributed by atoms with Crippen LogP contribution in [-0.2, 0) is 20.7 Å². The van der Waals surface area contributed by atoms with Gasteiger partial charge in [0.05, 0.1) is 17.2 Å². The summed E-state index contributed by atoms with van der Waals surface area (Å²) in [6, 6.07) is 2.34. The summed E-state index contributed by atoms with van der Waals surface area (Å²) < 4.78 is 32.7. The van der Waals surface area contributed by atoms with Crippen LogP contribution in [-0.4, -0.2) is 81.3 Å². The van der Waals surface area contributed by atoms with Gasteiger partial charge in [-0.05, 0) is 37.3 Å². The molecule has 35 heavy (non-hydrogen) atoms. The first kappa shape index (κ1) is 24.0. The Balaban J connectivity index is 1.42. The number of Topliss-reactive ketones (excluding diaryl/α,β-unsaturated/α-hetero) is 1. The Morgan fingerprint density at radius 2 is 1.97 bits per heavy atom. The van der Waals surface area contributed by atoms with Crippen molar-refractivity contribution in [2.75, 3.05) is 20.7 Å². The number of aliphatic hydroxyl groups excluding tert-OH is 1. The van der Waals surface area contributed by atoms with Crippen LogP contribution in [0.5, 0.6) is 0 Å². The third-order valence-corrected chi connectivity index (χ3v) is 8.46. The number of halogens is 2. The van der Waals surface area contributed by atoms with Crippen LogP contribution >= 0.6 is 11.3 Å². The minimum absolute atomic E-state index is 0.0905. The quantitative estimate of drug-likeness (QED) is 0.682. The molecule has 3 aliphatic rings. The summed E-state index contributed by atoms with van der Waals surface area (Å²) in [5.41, 5.74) is 0.0306. The Labute approximate surface area is 205 Å². The Morgan fingerprint density at radius 1 is 1.23 bits per heavy atom. The van der Waals surface area contributed by atoms with Gasteiger partial charge in [-0.1, -0.05) is 17.4 Å². The summed E-state index contributed by atoms with van der Waals surface area (Å²) in [4.78, 5) is 29.8. The zero-order valence-electron chi connectivity index (χ0n) is 19.4. The van der Waals surface area contributed by atoms with Gasteiger partial charge in [-0.15, -0.1) is 10.2 Å². The van der Waals surface area contributed by atoms with Crippen LogP contribution in [0.2, 0.25) is 0 Å². The highest BCUT2D eigenvalue weighted by molar-refractivity contribution is 7.12. The van der Waals surface area contributed by atoms with Crippen molar-refractivity contribution >= 4 is 28.6 Å². The van der Waals surface area contributed by atoms with Crippen molar-refractivity contribution in [1.82, 2.24) is 20.0 Å². The normalized spacial score (nSPS) is 28.9. The summed E-state index contributed by atoms with van der Waals surface area (Å²) in [5.74, 6) is -2.23. The van der Waals surface area contributed by atoms with Gasteiger partial charge in [0, 0.05) is 39.4 Å². The topological polar surface area (TPSA) is 95.9 Å². The van der Waals surface area contributed by atoms with Crippen molar-refractivity contribution in [2.45, 2.75) is 55.9 Å². The van der Waals surface area contributed by atoms with Crippen LogP contribution in [0.4, 0.5) is 8.78 Å². The number of hydrogen-bond donors (Lipinski definition) is 1. The van der Waals surface area contributed by atoms with E-state index in [2.05, 4.69) is 10.2 Å². The van der Waals surface area contributed by atoms with E-state index >= 15 is 0 Å². The molecule has 5 rings (SSSR count). The van der Waals surface area contributed by atoms with Gasteiger partial charge >= 0.3 is 0 Å². The summed E-state index contributed by atoms with van der Waals surface area (Å²) in [6.07, 6.45) is 3.50. The van der Waals surface area contributed by atoms with Crippen molar-refractivity contribution in [3.8, 4) is 0 Å². The fourth-order valence-electron chi connectivity index (χ4n) is 5.37. The van der Waals surface area contributed by atoms with Crippen LogP contribution in [0.3, 0.4) is 0 Å². The summed E-state index contributed by atoms with van der Waals surface area (Å²) >= 11 is 1.10. The highest BCUT2D eigenvalue weighted by Gasteiger charge is 2.54. The highest BCUT2D eigenvalue weighted by Crippen LogP contribution is 2.41. The second-order valence-corrected chi connectivity index (χ2v) is 10.5. The molecule has 2 atom stereocenters. The number of piperazine rings is 1. The number of ether oxygens (including phenoxy) is 1. The SMILES string of the molecule is COC1CCC2(CC1)CN1C=C(c3nnc(Cc4ccc(F)cc4F)s3)C(=O)C(O)C1C(=O)N2C. The molecule has 1 amide bonds. The van der Waals surface area contributed by atoms with E-state index in [1.54, 1.807) is 30.2 Å². The molecule has 3 heterocycles. The second kappa shape index (κ2) is 9.03. The lowest BCUT2D eigenvalue weighted by Gasteiger charge is -2.55. The number of fused-ring (bicyclic) bond motifs is 1. The van der Waals surface area contributed by atoms with Gasteiger partial charge in [-0.3, -0.25) is 9.59 Å². The molecule has 2 fully saturated rings. The molecule has 1 saturated carbocycles. The molecular formula is C24H26F2N4O4S. The number of nitrogens with zero attached hydrogens (tertiary/aromatic N) is 4. The number of aromatic nitrogens is 2. The fourth-order valence-corrected chi connectivity index (χ4v) is 6.25. The van der Waals surface area contributed by atoms with Gasteiger partial charge in [-0.2, -0.15) is 0 Å². The first-order valence-electron chi connectivity index (χ1n) is 11.5. The molecule has 2 unspecified atom stereocenters. The van der Waals surface area contributed by atoms with E-state index in [4.69, 9.17) is 4.74 Å². The second-order valence-electron chi connectivity index (χ2n) is 9.44. The number of amides is 1. The maximum absolute atomic E-state index is 14.1. The van der Waals surface area contributed by atoms with Crippen molar-refractivity contribution < 1.29 is 28.2 Å². The van der Waals surface area contributed by atoms with Crippen molar-refractivity contribution in [2.24, 2.45) is 0 Å². The van der Waals surface area contributed by atoms with Gasteiger partial charge in [0.15, 0.2) is 10.8 Å². The first-order chi connectivity index (χ1) is 16.7. The zero-order valence-corrected chi connectivity index (χ0v) is 20.2. The minimum Gasteiger partial charge on any atom is -0.382 e. The van der Waals surface area contributed by atoms with Gasteiger partial charge < -0.3 is 19.6 Å². The zero-order chi connectivity index (χ0) is 24.9. The van der Waals surface area contributed by atoms with E-state index < -0.39 is 35.1 Å². The number of ketones is 1. The standard InChI is InChI=1S/C24H26F2N4O4S/c1-29-23(33)19-21(32)20(31)16(11-30(19)12-24(29)7-5-15(34-2)6-8-24)22-28-27-18(35-22)9-13-3-4-14(25)10-17(13)26/h3-4,10-11,15,19,21,32H,5-9,12H2,1-2H3. The molecule has 186 valence electrons. The molecule has 2 aliphatic heterocycles. The number of aliphatic hydroxyl groups is 1. The molecule has 11 heteroatoms. The lowest BCUT2D eigenvalue weighted by atomic mass is 9.75. The van der Waals surface area contributed by atoms with Crippen LogP contribution in [0, 0.1) is 11.6 Å². The third kappa shape index (κ3) is 4.15. The van der Waals surface area contributed by atoms with Crippen molar-refractivity contribution in [3.63, 3.8) is 0 Å². The Kier molecular flexibility index (Phi) is 6.18. The van der Waals surface area contributed by atoms with Crippen LogP contribution in [0.1, 0.15) is 41.3 Å². The minimum atomic E-state index is -1.53. The molecule has 2 aromatic rings. The number of carbonyl (C=O) groups is 2. The lowest BCUT2D eigenvalue weighted by molar-refractivity contribution is -0.162. The smallest absolute Gasteiger partial charge is 0.248 e. The highest BCUT2D eigenvalue weighted by atomic mass is 32.1. The fraction of sp³-hybridized carbons (Fsp3) is 0.500. The van der Waals surface area contributed by atoms with E-state index in [0.717, 1.165) is 43.1 Å². The molecule has 1 saturated heterocycles. The molecule has 8 nitrogen and oxygen atoms in total. The monoisotopic (exact) mass is 504 g/mol. The Bertz CT molecular complexity index is 1190. The van der Waals surface area contributed by atoms with Crippen LogP contribution < -0.4 is 0 Å². The number of likely N-dealkylation sites (N-methyl/N-ethyl adjacent to an activating group) is 1. The van der Waals surface area contributed by atoms with Gasteiger partial charge in [0.2, 0.25) is 5.91 Å². The maximum Gasteiger partial charge on any atom is 0.248 e. The average molecular weight is 505 g/mol. The Hall–Kier alpha value is -2.76. The summed E-state index contributed by atoms with van der Waals surface area (Å²) in [7, 11) is 3.44. The van der Waals surface area contributed by atoms with Crippen molar-refractivity contribution in [3.05, 3.63) is 51.6 Å². The average Bonchev–Trinajstić information content (AvgIpc) is 3.30. The first-order valence-corrected chi connectivity index (χ1v) is 12.3. The maximum atomic E-state index is 14.1. The third-order valence-electron chi connectivity index (χ3n) is 7.51. The van der Waals surface area contributed by atoms with Crippen molar-refractivity contribution in [1.29, 1.82) is 0 Å². The molecule has 0 bridgehead atoms. The summed E-state index contributed by atoms with van der Waals surface area (Å²) in [5, 5.41) is 19.7. The van der Waals surface area contributed by atoms with E-state index in [9.17, 15) is 23.5 Å². The predicted molar refractivity (Wildman–Crippen MR) is 123 cm³/mol. The van der Waals surface area contributed by atoms with E-state index in [-0.39, 0.29) is 34.6 Å². The molecular weight excluding hydrogens is 478 g/mol. The number of hydrogen-bond acceptors (Lipinski definition) is 8. The molecule has 1 aromatic heterocycles. The number of benzene rings is 1. The lowest BCUT2D eigenvalue weighted by Crippen LogP contribution is -2.71. The van der Waals surface area contributed by atoms with Gasteiger partial charge in [-0.25, -0.2) is 8.78 Å². The van der Waals surface area contributed by atoms with Gasteiger partial charge in [0.25, 0.3) is 0 Å². The molecule has 1 N–H and O–H groups in total. The van der Waals surface area contributed by atoms with E-state index in [1.165, 1.54) is 12.1 Å². The van der Waals surface area contributed by atoms with Crippen LogP contribution in [0.25, 0.3) is 5.57 Å². The Morgan fingerprint density at radius 3 is 2.66 bits per heavy atom. The molecule has 1 spiro atoms. The van der Waals surface area contributed by atoms with E-state index in [1.807, 2.05) is 0 Å². The number of methoxy groups -OCH3 is 1. The largest absolute Gasteiger partial charge is 0.382 e.